The number of nitrogens with zero attached hydrogens (tertiary/aromatic N) is 1. The molecule has 0 fully saturated rings. The molecule has 0 aliphatic heterocycles. The Morgan fingerprint density at radius 1 is 1.15 bits per heavy atom. The van der Waals surface area contributed by atoms with Crippen molar-refractivity contribution < 1.29 is 22.1 Å². The fourth-order valence-corrected chi connectivity index (χ4v) is 3.18. The molecule has 1 atom stereocenters. The Hall–Kier alpha value is -1.44. The maximum absolute atomic E-state index is 11.9. The second-order valence-electron chi connectivity index (χ2n) is 7.56. The van der Waals surface area contributed by atoms with E-state index in [0.29, 0.717) is 19.4 Å². The first-order chi connectivity index (χ1) is 11.9. The van der Waals surface area contributed by atoms with Crippen LogP contribution in [0.2, 0.25) is 0 Å². The smallest absolute Gasteiger partial charge is 0.306 e. The van der Waals surface area contributed by atoms with Crippen LogP contribution in [0.3, 0.4) is 0 Å². The van der Waals surface area contributed by atoms with Crippen molar-refractivity contribution >= 4 is 16.1 Å². The summed E-state index contributed by atoms with van der Waals surface area (Å²) in [5.41, 5.74) is 0.629. The molecule has 7 heteroatoms. The summed E-state index contributed by atoms with van der Waals surface area (Å²) >= 11 is 0. The molecule has 1 rings (SSSR count). The lowest BCUT2D eigenvalue weighted by molar-refractivity contribution is -0.155. The predicted octanol–water partition coefficient (Wildman–Crippen LogP) is 2.98. The summed E-state index contributed by atoms with van der Waals surface area (Å²) in [5, 5.41) is 0. The van der Waals surface area contributed by atoms with Crippen molar-refractivity contribution in [2.24, 2.45) is 0 Å². The van der Waals surface area contributed by atoms with Gasteiger partial charge in [0.2, 0.25) is 0 Å². The Morgan fingerprint density at radius 3 is 2.31 bits per heavy atom. The molecule has 0 aliphatic rings. The van der Waals surface area contributed by atoms with E-state index in [1.165, 1.54) is 5.56 Å². The molecule has 1 unspecified atom stereocenters. The number of benzene rings is 1. The van der Waals surface area contributed by atoms with E-state index in [-0.39, 0.29) is 12.4 Å². The van der Waals surface area contributed by atoms with Crippen LogP contribution in [0.1, 0.15) is 45.6 Å². The van der Waals surface area contributed by atoms with Gasteiger partial charge in [-0.25, -0.2) is 0 Å². The van der Waals surface area contributed by atoms with Gasteiger partial charge in [-0.1, -0.05) is 30.3 Å². The van der Waals surface area contributed by atoms with Gasteiger partial charge < -0.3 is 9.64 Å². The van der Waals surface area contributed by atoms with Crippen LogP contribution >= 0.6 is 0 Å². The van der Waals surface area contributed by atoms with Gasteiger partial charge in [-0.05, 0) is 46.2 Å². The molecule has 148 valence electrons. The summed E-state index contributed by atoms with van der Waals surface area (Å²) in [6, 6.07) is 10.0. The second-order valence-corrected chi connectivity index (χ2v) is 9.16. The van der Waals surface area contributed by atoms with Gasteiger partial charge in [-0.15, -0.1) is 0 Å². The standard InChI is InChI=1S/C19H31NO5S/c1-19(2,3)24-18(21)12-11-17(25-26(5,22)23)13-14-20(4)15-16-9-7-6-8-10-16/h6-10,17H,11-15H2,1-5H3. The van der Waals surface area contributed by atoms with E-state index in [0.717, 1.165) is 12.8 Å². The van der Waals surface area contributed by atoms with Gasteiger partial charge in [0.15, 0.2) is 0 Å². The first-order valence-corrected chi connectivity index (χ1v) is 10.6. The number of esters is 1. The predicted molar refractivity (Wildman–Crippen MR) is 102 cm³/mol. The summed E-state index contributed by atoms with van der Waals surface area (Å²) in [7, 11) is -1.61. The summed E-state index contributed by atoms with van der Waals surface area (Å²) in [5.74, 6) is -0.350. The highest BCUT2D eigenvalue weighted by molar-refractivity contribution is 7.86. The lowest BCUT2D eigenvalue weighted by Crippen LogP contribution is -2.28. The molecular weight excluding hydrogens is 354 g/mol. The SMILES string of the molecule is CN(CCC(CCC(=O)OC(C)(C)C)OS(C)(=O)=O)Cc1ccccc1. The number of rotatable bonds is 10. The lowest BCUT2D eigenvalue weighted by atomic mass is 10.1. The fraction of sp³-hybridized carbons (Fsp3) is 0.632. The van der Waals surface area contributed by atoms with Crippen LogP contribution in [-0.2, 0) is 30.4 Å². The first kappa shape index (κ1) is 22.6. The van der Waals surface area contributed by atoms with Gasteiger partial charge in [0.1, 0.15) is 5.60 Å². The quantitative estimate of drug-likeness (QED) is 0.455. The van der Waals surface area contributed by atoms with Crippen LogP contribution in [0.25, 0.3) is 0 Å². The van der Waals surface area contributed by atoms with Gasteiger partial charge in [-0.2, -0.15) is 8.42 Å². The van der Waals surface area contributed by atoms with E-state index < -0.39 is 21.8 Å². The fourth-order valence-electron chi connectivity index (χ4n) is 2.50. The van der Waals surface area contributed by atoms with Crippen LogP contribution in [0.15, 0.2) is 30.3 Å². The third kappa shape index (κ3) is 11.2. The van der Waals surface area contributed by atoms with Gasteiger partial charge in [0, 0.05) is 19.5 Å². The normalized spacial score (nSPS) is 13.6. The van der Waals surface area contributed by atoms with Crippen molar-refractivity contribution in [2.45, 2.75) is 58.3 Å². The summed E-state index contributed by atoms with van der Waals surface area (Å²) in [6.07, 6.45) is 1.43. The zero-order valence-corrected chi connectivity index (χ0v) is 17.2. The van der Waals surface area contributed by atoms with Crippen molar-refractivity contribution in [1.82, 2.24) is 4.90 Å². The third-order valence-electron chi connectivity index (χ3n) is 3.53. The molecular formula is C19H31NO5S. The highest BCUT2D eigenvalue weighted by Crippen LogP contribution is 2.15. The minimum atomic E-state index is -3.58. The van der Waals surface area contributed by atoms with E-state index in [1.54, 1.807) is 20.8 Å². The van der Waals surface area contributed by atoms with E-state index >= 15 is 0 Å². The number of hydrogen-bond acceptors (Lipinski definition) is 6. The van der Waals surface area contributed by atoms with E-state index in [9.17, 15) is 13.2 Å². The van der Waals surface area contributed by atoms with Gasteiger partial charge in [-0.3, -0.25) is 8.98 Å². The Labute approximate surface area is 157 Å². The average molecular weight is 386 g/mol. The molecule has 0 bridgehead atoms. The molecule has 0 saturated heterocycles. The number of carbonyl (C=O) groups excluding carboxylic acids is 1. The van der Waals surface area contributed by atoms with Gasteiger partial charge in [0.05, 0.1) is 12.4 Å². The second kappa shape index (κ2) is 10.0. The van der Waals surface area contributed by atoms with Crippen molar-refractivity contribution in [2.75, 3.05) is 19.8 Å². The molecule has 1 aromatic rings. The molecule has 0 spiro atoms. The van der Waals surface area contributed by atoms with Crippen molar-refractivity contribution in [3.05, 3.63) is 35.9 Å². The molecule has 0 heterocycles. The average Bonchev–Trinajstić information content (AvgIpc) is 2.48. The van der Waals surface area contributed by atoms with Crippen LogP contribution in [-0.4, -0.2) is 50.8 Å². The Kier molecular flexibility index (Phi) is 8.73. The Bertz CT molecular complexity index is 652. The van der Waals surface area contributed by atoms with Crippen molar-refractivity contribution in [3.63, 3.8) is 0 Å². The molecule has 26 heavy (non-hydrogen) atoms. The topological polar surface area (TPSA) is 72.9 Å². The molecule has 0 radical (unpaired) electrons. The maximum atomic E-state index is 11.9. The van der Waals surface area contributed by atoms with Crippen LogP contribution in [0, 0.1) is 0 Å². The molecule has 1 aromatic carbocycles. The largest absolute Gasteiger partial charge is 0.460 e. The third-order valence-corrected chi connectivity index (χ3v) is 4.15. The van der Waals surface area contributed by atoms with Gasteiger partial charge in [0.25, 0.3) is 10.1 Å². The summed E-state index contributed by atoms with van der Waals surface area (Å²) in [4.78, 5) is 14.0. The molecule has 6 nitrogen and oxygen atoms in total. The number of carbonyl (C=O) groups is 1. The minimum Gasteiger partial charge on any atom is -0.460 e. The highest BCUT2D eigenvalue weighted by atomic mass is 32.2. The first-order valence-electron chi connectivity index (χ1n) is 8.77. The maximum Gasteiger partial charge on any atom is 0.306 e. The lowest BCUT2D eigenvalue weighted by Gasteiger charge is -2.22. The zero-order valence-electron chi connectivity index (χ0n) is 16.4. The molecule has 0 aromatic heterocycles. The minimum absolute atomic E-state index is 0.125. The van der Waals surface area contributed by atoms with Crippen molar-refractivity contribution in [1.29, 1.82) is 0 Å². The van der Waals surface area contributed by atoms with E-state index in [1.807, 2.05) is 37.4 Å². The van der Waals surface area contributed by atoms with Gasteiger partial charge >= 0.3 is 5.97 Å². The zero-order chi connectivity index (χ0) is 19.8. The van der Waals surface area contributed by atoms with Crippen LogP contribution < -0.4 is 0 Å². The highest BCUT2D eigenvalue weighted by Gasteiger charge is 2.21. The number of hydrogen-bond donors (Lipinski definition) is 0. The Morgan fingerprint density at radius 2 is 1.77 bits per heavy atom. The Balaban J connectivity index is 2.53. The molecule has 0 aliphatic carbocycles. The molecule has 0 saturated carbocycles. The van der Waals surface area contributed by atoms with Crippen molar-refractivity contribution in [3.8, 4) is 0 Å². The summed E-state index contributed by atoms with van der Waals surface area (Å²) < 4.78 is 33.4. The van der Waals surface area contributed by atoms with E-state index in [4.69, 9.17) is 8.92 Å². The van der Waals surface area contributed by atoms with E-state index in [2.05, 4.69) is 4.90 Å². The van der Waals surface area contributed by atoms with Crippen LogP contribution in [0.4, 0.5) is 0 Å². The molecule has 0 amide bonds. The monoisotopic (exact) mass is 385 g/mol. The summed E-state index contributed by atoms with van der Waals surface area (Å²) in [6.45, 7) is 6.82. The van der Waals surface area contributed by atoms with Crippen LogP contribution in [0.5, 0.6) is 0 Å². The number of ether oxygens (including phenoxy) is 1. The molecule has 0 N–H and O–H groups in total.